The Labute approximate surface area is 116 Å². The molecule has 1 aromatic heterocycles. The van der Waals surface area contributed by atoms with E-state index >= 15 is 0 Å². The Morgan fingerprint density at radius 2 is 1.80 bits per heavy atom. The summed E-state index contributed by atoms with van der Waals surface area (Å²) in [5, 5.41) is 8.48. The van der Waals surface area contributed by atoms with Gasteiger partial charge in [0.05, 0.1) is 17.8 Å². The Morgan fingerprint density at radius 1 is 1.00 bits per heavy atom. The van der Waals surface area contributed by atoms with Crippen molar-refractivity contribution in [1.29, 1.82) is 0 Å². The molecule has 0 fully saturated rings. The highest BCUT2D eigenvalue weighted by Gasteiger charge is 2.25. The molecule has 4 nitrogen and oxygen atoms in total. The summed E-state index contributed by atoms with van der Waals surface area (Å²) in [6.45, 7) is 0.600. The number of benzene rings is 2. The summed E-state index contributed by atoms with van der Waals surface area (Å²) in [5.74, 6) is 0. The Balaban J connectivity index is 1.81. The summed E-state index contributed by atoms with van der Waals surface area (Å²) in [7, 11) is 0. The normalized spacial score (nSPS) is 18.4. The second kappa shape index (κ2) is 4.58. The number of fused-ring (bicyclic) bond motifs is 1. The zero-order valence-electron chi connectivity index (χ0n) is 10.8. The van der Waals surface area contributed by atoms with Crippen LogP contribution in [0.4, 0.5) is 0 Å². The predicted molar refractivity (Wildman–Crippen MR) is 76.9 cm³/mol. The third-order valence-corrected chi connectivity index (χ3v) is 3.52. The van der Waals surface area contributed by atoms with Gasteiger partial charge in [-0.15, -0.1) is 5.10 Å². The fourth-order valence-corrected chi connectivity index (χ4v) is 2.57. The van der Waals surface area contributed by atoms with E-state index in [0.717, 1.165) is 22.3 Å². The molecular weight excluding hydrogens is 250 g/mol. The van der Waals surface area contributed by atoms with E-state index in [9.17, 15) is 0 Å². The van der Waals surface area contributed by atoms with Crippen molar-refractivity contribution in [2.24, 2.45) is 0 Å². The number of para-hydroxylation sites is 1. The molecule has 4 rings (SSSR count). The Kier molecular flexibility index (Phi) is 2.60. The number of ether oxygens (including phenoxy) is 1. The Hall–Kier alpha value is -2.46. The Morgan fingerprint density at radius 3 is 2.70 bits per heavy atom. The van der Waals surface area contributed by atoms with E-state index in [1.54, 1.807) is 0 Å². The van der Waals surface area contributed by atoms with Crippen LogP contribution >= 0.6 is 0 Å². The molecule has 2 heterocycles. The second-order valence-electron chi connectivity index (χ2n) is 4.74. The minimum atomic E-state index is -0.0821. The smallest absolute Gasteiger partial charge is 0.125 e. The van der Waals surface area contributed by atoms with Crippen LogP contribution < -0.4 is 0 Å². The third kappa shape index (κ3) is 1.73. The molecule has 0 radical (unpaired) electrons. The first-order valence-corrected chi connectivity index (χ1v) is 6.61. The van der Waals surface area contributed by atoms with Gasteiger partial charge in [-0.2, -0.15) is 0 Å². The SMILES string of the molecule is C1=C(n2nnc3ccccc32)C(c2ccccc2)OC1. The van der Waals surface area contributed by atoms with Crippen LogP contribution in [-0.2, 0) is 4.74 Å². The van der Waals surface area contributed by atoms with Crippen LogP contribution in [0.5, 0.6) is 0 Å². The molecular formula is C16H13N3O. The quantitative estimate of drug-likeness (QED) is 0.713. The number of hydrogen-bond acceptors (Lipinski definition) is 3. The largest absolute Gasteiger partial charge is 0.363 e. The maximum absolute atomic E-state index is 5.84. The van der Waals surface area contributed by atoms with Crippen molar-refractivity contribution < 1.29 is 4.74 Å². The van der Waals surface area contributed by atoms with E-state index in [-0.39, 0.29) is 6.10 Å². The molecule has 0 N–H and O–H groups in total. The summed E-state index contributed by atoms with van der Waals surface area (Å²) in [6, 6.07) is 18.1. The molecule has 1 aliphatic rings. The van der Waals surface area contributed by atoms with Gasteiger partial charge in [-0.25, -0.2) is 4.68 Å². The van der Waals surface area contributed by atoms with Gasteiger partial charge in [0, 0.05) is 0 Å². The van der Waals surface area contributed by atoms with Crippen LogP contribution in [0.2, 0.25) is 0 Å². The van der Waals surface area contributed by atoms with Crippen LogP contribution in [0, 0.1) is 0 Å². The molecule has 98 valence electrons. The monoisotopic (exact) mass is 263 g/mol. The van der Waals surface area contributed by atoms with Crippen molar-refractivity contribution in [3.05, 3.63) is 66.2 Å². The first-order valence-electron chi connectivity index (χ1n) is 6.61. The molecule has 0 spiro atoms. The fourth-order valence-electron chi connectivity index (χ4n) is 2.57. The highest BCUT2D eigenvalue weighted by atomic mass is 16.5. The minimum absolute atomic E-state index is 0.0821. The van der Waals surface area contributed by atoms with Crippen molar-refractivity contribution in [2.75, 3.05) is 6.61 Å². The van der Waals surface area contributed by atoms with Gasteiger partial charge in [-0.05, 0) is 23.8 Å². The van der Waals surface area contributed by atoms with E-state index in [4.69, 9.17) is 4.74 Å². The summed E-state index contributed by atoms with van der Waals surface area (Å²) >= 11 is 0. The lowest BCUT2D eigenvalue weighted by Crippen LogP contribution is -2.07. The molecule has 2 aromatic carbocycles. The summed E-state index contributed by atoms with van der Waals surface area (Å²) in [5.41, 5.74) is 4.07. The number of nitrogens with zero attached hydrogens (tertiary/aromatic N) is 3. The molecule has 4 heteroatoms. The number of hydrogen-bond donors (Lipinski definition) is 0. The van der Waals surface area contributed by atoms with Gasteiger partial charge in [0.25, 0.3) is 0 Å². The van der Waals surface area contributed by atoms with Crippen molar-refractivity contribution >= 4 is 16.7 Å². The molecule has 1 atom stereocenters. The maximum Gasteiger partial charge on any atom is 0.125 e. The second-order valence-corrected chi connectivity index (χ2v) is 4.74. The van der Waals surface area contributed by atoms with Crippen molar-refractivity contribution in [1.82, 2.24) is 15.0 Å². The summed E-state index contributed by atoms with van der Waals surface area (Å²) < 4.78 is 7.72. The zero-order valence-corrected chi connectivity index (χ0v) is 10.8. The van der Waals surface area contributed by atoms with E-state index in [0.29, 0.717) is 6.61 Å². The van der Waals surface area contributed by atoms with Crippen LogP contribution in [0.1, 0.15) is 11.7 Å². The highest BCUT2D eigenvalue weighted by molar-refractivity contribution is 5.78. The lowest BCUT2D eigenvalue weighted by atomic mass is 10.1. The topological polar surface area (TPSA) is 39.9 Å². The van der Waals surface area contributed by atoms with Crippen molar-refractivity contribution in [2.45, 2.75) is 6.10 Å². The lowest BCUT2D eigenvalue weighted by molar-refractivity contribution is 0.131. The average molecular weight is 263 g/mol. The van der Waals surface area contributed by atoms with Gasteiger partial charge in [-0.1, -0.05) is 47.7 Å². The molecule has 0 saturated heterocycles. The van der Waals surface area contributed by atoms with Crippen LogP contribution in [-0.4, -0.2) is 21.6 Å². The predicted octanol–water partition coefficient (Wildman–Crippen LogP) is 3.04. The van der Waals surface area contributed by atoms with Crippen LogP contribution in [0.15, 0.2) is 60.7 Å². The fraction of sp³-hybridized carbons (Fsp3) is 0.125. The van der Waals surface area contributed by atoms with Gasteiger partial charge in [0.2, 0.25) is 0 Å². The van der Waals surface area contributed by atoms with Crippen molar-refractivity contribution in [3.8, 4) is 0 Å². The molecule has 0 bridgehead atoms. The molecule has 1 aliphatic heterocycles. The van der Waals surface area contributed by atoms with E-state index in [2.05, 4.69) is 28.5 Å². The maximum atomic E-state index is 5.84. The molecule has 0 aliphatic carbocycles. The lowest BCUT2D eigenvalue weighted by Gasteiger charge is -2.15. The average Bonchev–Trinajstić information content (AvgIpc) is 3.14. The first kappa shape index (κ1) is 11.4. The zero-order chi connectivity index (χ0) is 13.4. The minimum Gasteiger partial charge on any atom is -0.363 e. The van der Waals surface area contributed by atoms with E-state index in [1.165, 1.54) is 0 Å². The van der Waals surface area contributed by atoms with Crippen LogP contribution in [0.25, 0.3) is 16.7 Å². The van der Waals surface area contributed by atoms with Gasteiger partial charge in [0.1, 0.15) is 11.6 Å². The van der Waals surface area contributed by atoms with E-state index < -0.39 is 0 Å². The number of rotatable bonds is 2. The first-order chi connectivity index (χ1) is 9.93. The summed E-state index contributed by atoms with van der Waals surface area (Å²) in [4.78, 5) is 0. The molecule has 0 saturated carbocycles. The van der Waals surface area contributed by atoms with Gasteiger partial charge in [0.15, 0.2) is 0 Å². The van der Waals surface area contributed by atoms with Gasteiger partial charge < -0.3 is 4.74 Å². The van der Waals surface area contributed by atoms with Gasteiger partial charge in [-0.3, -0.25) is 0 Å². The van der Waals surface area contributed by atoms with Crippen LogP contribution in [0.3, 0.4) is 0 Å². The summed E-state index contributed by atoms with van der Waals surface area (Å²) in [6.07, 6.45) is 1.99. The third-order valence-electron chi connectivity index (χ3n) is 3.52. The molecule has 20 heavy (non-hydrogen) atoms. The van der Waals surface area contributed by atoms with Crippen molar-refractivity contribution in [3.63, 3.8) is 0 Å². The molecule has 1 unspecified atom stereocenters. The number of aromatic nitrogens is 3. The Bertz CT molecular complexity index is 777. The molecule has 0 amide bonds. The molecule has 3 aromatic rings. The standard InChI is InChI=1S/C16H13N3O/c1-2-6-12(7-3-1)16-15(10-11-20-16)19-14-9-5-4-8-13(14)17-18-19/h1-10,16H,11H2. The highest BCUT2D eigenvalue weighted by Crippen LogP contribution is 2.34. The van der Waals surface area contributed by atoms with E-state index in [1.807, 2.05) is 47.1 Å². The van der Waals surface area contributed by atoms with Gasteiger partial charge >= 0.3 is 0 Å².